The van der Waals surface area contributed by atoms with Gasteiger partial charge in [0.25, 0.3) is 0 Å². The Hall–Kier alpha value is -2.31. The molecule has 0 saturated heterocycles. The molecule has 2 aromatic carbocycles. The topological polar surface area (TPSA) is 46.5 Å². The van der Waals surface area contributed by atoms with E-state index < -0.39 is 32.3 Å². The van der Waals surface area contributed by atoms with Crippen molar-refractivity contribution in [2.45, 2.75) is 58.2 Å². The van der Waals surface area contributed by atoms with Gasteiger partial charge in [-0.2, -0.15) is 0 Å². The highest BCUT2D eigenvalue weighted by Crippen LogP contribution is 2.26. The normalized spacial score (nSPS) is 11.4. The fraction of sp³-hybridized carbons (Fsp3) is 0.423. The van der Waals surface area contributed by atoms with Gasteiger partial charge in [-0.3, -0.25) is 0 Å². The van der Waals surface area contributed by atoms with Crippen LogP contribution in [0.25, 0.3) is 11.1 Å². The van der Waals surface area contributed by atoms with Gasteiger partial charge in [-0.15, -0.1) is 0 Å². The first-order valence-corrected chi connectivity index (χ1v) is 14.5. The zero-order chi connectivity index (χ0) is 23.7. The van der Waals surface area contributed by atoms with Crippen LogP contribution in [0.2, 0.25) is 19.1 Å². The molecular weight excluding hydrogens is 426 g/mol. The van der Waals surface area contributed by atoms with Crippen molar-refractivity contribution in [3.63, 3.8) is 0 Å². The Kier molecular flexibility index (Phi) is 9.78. The van der Waals surface area contributed by atoms with Crippen molar-refractivity contribution in [3.05, 3.63) is 65.7 Å². The predicted octanol–water partition coefficient (Wildman–Crippen LogP) is 5.76. The molecule has 0 amide bonds. The number of hydrogen-bond donors (Lipinski definition) is 1. The largest absolute Gasteiger partial charge is 0.462 e. The van der Waals surface area contributed by atoms with Crippen LogP contribution >= 0.6 is 0 Å². The van der Waals surface area contributed by atoms with Crippen molar-refractivity contribution in [3.8, 4) is 11.1 Å². The van der Waals surface area contributed by atoms with E-state index >= 15 is 4.39 Å². The number of carbonyl (C=O) groups is 1. The van der Waals surface area contributed by atoms with Crippen LogP contribution in [0, 0.1) is 11.6 Å². The maximum atomic E-state index is 15.1. The molecule has 6 heteroatoms. The smallest absolute Gasteiger partial charge is 0.335 e. The second-order valence-corrected chi connectivity index (χ2v) is 13.6. The summed E-state index contributed by atoms with van der Waals surface area (Å²) in [5.41, 5.74) is 2.14. The van der Waals surface area contributed by atoms with Crippen molar-refractivity contribution < 1.29 is 23.4 Å². The lowest BCUT2D eigenvalue weighted by Gasteiger charge is -2.24. The zero-order valence-corrected chi connectivity index (χ0v) is 20.3. The summed E-state index contributed by atoms with van der Waals surface area (Å²) in [7, 11) is -2.29. The minimum absolute atomic E-state index is 0.000739. The minimum atomic E-state index is -2.29. The molecule has 0 radical (unpaired) electrons. The van der Waals surface area contributed by atoms with Crippen molar-refractivity contribution in [2.24, 2.45) is 0 Å². The van der Waals surface area contributed by atoms with E-state index in [9.17, 15) is 9.18 Å². The third-order valence-electron chi connectivity index (χ3n) is 5.80. The summed E-state index contributed by atoms with van der Waals surface area (Å²) in [6.07, 6.45) is 5.00. The third kappa shape index (κ3) is 6.84. The standard InChI is InChI=1S/C26H34F2O3Si/c1-5-6-7-9-20-10-12-21(13-11-20)22-14-15-23(25(28)24(22)27)32(3,4)17-8-16-31-26(30)19(2)18-29/h10-15,29H,2,5-9,16-18H2,1,3-4H3. The molecule has 3 nitrogen and oxygen atoms in total. The van der Waals surface area contributed by atoms with Crippen LogP contribution < -0.4 is 5.19 Å². The lowest BCUT2D eigenvalue weighted by molar-refractivity contribution is -0.139. The lowest BCUT2D eigenvalue weighted by atomic mass is 10.0. The first-order chi connectivity index (χ1) is 15.2. The molecule has 174 valence electrons. The SMILES string of the molecule is C=C(CO)C(=O)OCCC[Si](C)(C)c1ccc(-c2ccc(CCCCC)cc2)c(F)c1F. The molecule has 0 saturated carbocycles. The van der Waals surface area contributed by atoms with E-state index in [0.29, 0.717) is 23.2 Å². The number of aryl methyl sites for hydroxylation is 1. The number of halogens is 2. The maximum absolute atomic E-state index is 15.1. The summed E-state index contributed by atoms with van der Waals surface area (Å²) < 4.78 is 35.1. The number of aliphatic hydroxyl groups is 1. The molecular formula is C26H34F2O3Si. The number of ether oxygens (including phenoxy) is 1. The van der Waals surface area contributed by atoms with Gasteiger partial charge in [0.15, 0.2) is 11.6 Å². The average molecular weight is 461 g/mol. The number of esters is 1. The Morgan fingerprint density at radius 3 is 2.34 bits per heavy atom. The Balaban J connectivity index is 2.07. The fourth-order valence-corrected chi connectivity index (χ4v) is 6.24. The molecule has 0 aromatic heterocycles. The number of rotatable bonds is 12. The molecule has 0 atom stereocenters. The van der Waals surface area contributed by atoms with Gasteiger partial charge in [-0.25, -0.2) is 13.6 Å². The Bertz CT molecular complexity index is 923. The molecule has 2 rings (SSSR count). The van der Waals surface area contributed by atoms with Crippen molar-refractivity contribution >= 4 is 19.2 Å². The second-order valence-electron chi connectivity index (χ2n) is 8.83. The molecule has 0 bridgehead atoms. The first kappa shape index (κ1) is 25.9. The number of hydrogen-bond acceptors (Lipinski definition) is 3. The van der Waals surface area contributed by atoms with E-state index in [4.69, 9.17) is 9.84 Å². The highest BCUT2D eigenvalue weighted by molar-refractivity contribution is 6.89. The van der Waals surface area contributed by atoms with Gasteiger partial charge in [0.05, 0.1) is 26.9 Å². The highest BCUT2D eigenvalue weighted by atomic mass is 28.3. The van der Waals surface area contributed by atoms with Crippen LogP contribution in [-0.4, -0.2) is 32.4 Å². The van der Waals surface area contributed by atoms with Gasteiger partial charge in [0, 0.05) is 5.56 Å². The van der Waals surface area contributed by atoms with Gasteiger partial charge in [0.1, 0.15) is 0 Å². The van der Waals surface area contributed by atoms with E-state index in [2.05, 4.69) is 13.5 Å². The highest BCUT2D eigenvalue weighted by Gasteiger charge is 2.29. The van der Waals surface area contributed by atoms with E-state index in [1.807, 2.05) is 37.4 Å². The van der Waals surface area contributed by atoms with Crippen molar-refractivity contribution in [1.82, 2.24) is 0 Å². The molecule has 0 aliphatic carbocycles. The van der Waals surface area contributed by atoms with E-state index in [1.54, 1.807) is 12.1 Å². The number of carbonyl (C=O) groups excluding carboxylic acids is 1. The summed E-state index contributed by atoms with van der Waals surface area (Å²) >= 11 is 0. The van der Waals surface area contributed by atoms with Crippen LogP contribution in [-0.2, 0) is 16.0 Å². The molecule has 2 aromatic rings. The Morgan fingerprint density at radius 2 is 1.72 bits per heavy atom. The average Bonchev–Trinajstić information content (AvgIpc) is 2.78. The van der Waals surface area contributed by atoms with E-state index in [1.165, 1.54) is 18.4 Å². The van der Waals surface area contributed by atoms with Crippen molar-refractivity contribution in [1.29, 1.82) is 0 Å². The van der Waals surface area contributed by atoms with Gasteiger partial charge >= 0.3 is 5.97 Å². The summed E-state index contributed by atoms with van der Waals surface area (Å²) in [6, 6.07) is 11.7. The summed E-state index contributed by atoms with van der Waals surface area (Å²) in [6.45, 7) is 9.24. The Labute approximate surface area is 191 Å². The molecule has 0 heterocycles. The number of benzene rings is 2. The predicted molar refractivity (Wildman–Crippen MR) is 129 cm³/mol. The molecule has 1 N–H and O–H groups in total. The van der Waals surface area contributed by atoms with Gasteiger partial charge < -0.3 is 9.84 Å². The van der Waals surface area contributed by atoms with Gasteiger partial charge in [0.2, 0.25) is 0 Å². The van der Waals surface area contributed by atoms with Crippen LogP contribution in [0.4, 0.5) is 8.78 Å². The molecule has 0 fully saturated rings. The van der Waals surface area contributed by atoms with Gasteiger partial charge in [-0.1, -0.05) is 81.9 Å². The Morgan fingerprint density at radius 1 is 1.03 bits per heavy atom. The first-order valence-electron chi connectivity index (χ1n) is 11.2. The molecule has 32 heavy (non-hydrogen) atoms. The fourth-order valence-electron chi connectivity index (χ4n) is 3.71. The number of unbranched alkanes of at least 4 members (excludes halogenated alkanes) is 2. The zero-order valence-electron chi connectivity index (χ0n) is 19.3. The van der Waals surface area contributed by atoms with Crippen LogP contribution in [0.5, 0.6) is 0 Å². The molecule has 0 spiro atoms. The van der Waals surface area contributed by atoms with E-state index in [0.717, 1.165) is 12.8 Å². The molecule has 0 aliphatic heterocycles. The van der Waals surface area contributed by atoms with E-state index in [-0.39, 0.29) is 17.7 Å². The number of aliphatic hydroxyl groups excluding tert-OH is 1. The molecule has 0 unspecified atom stereocenters. The van der Waals surface area contributed by atoms with Crippen LogP contribution in [0.3, 0.4) is 0 Å². The monoisotopic (exact) mass is 460 g/mol. The molecule has 0 aliphatic rings. The third-order valence-corrected chi connectivity index (χ3v) is 9.25. The lowest BCUT2D eigenvalue weighted by Crippen LogP contribution is -2.44. The van der Waals surface area contributed by atoms with Gasteiger partial charge in [-0.05, 0) is 35.6 Å². The quantitative estimate of drug-likeness (QED) is 0.190. The summed E-state index contributed by atoms with van der Waals surface area (Å²) in [5.74, 6) is -2.23. The van der Waals surface area contributed by atoms with Crippen LogP contribution in [0.15, 0.2) is 48.6 Å². The summed E-state index contributed by atoms with van der Waals surface area (Å²) in [5, 5.41) is 9.32. The van der Waals surface area contributed by atoms with Crippen LogP contribution in [0.1, 0.15) is 38.2 Å². The van der Waals surface area contributed by atoms with Crippen molar-refractivity contribution in [2.75, 3.05) is 13.2 Å². The minimum Gasteiger partial charge on any atom is -0.462 e. The maximum Gasteiger partial charge on any atom is 0.335 e. The second kappa shape index (κ2) is 12.1. The summed E-state index contributed by atoms with van der Waals surface area (Å²) in [4.78, 5) is 11.5.